The van der Waals surface area contributed by atoms with Gasteiger partial charge >= 0.3 is 6.09 Å². The van der Waals surface area contributed by atoms with E-state index < -0.39 is 45.6 Å². The highest BCUT2D eigenvalue weighted by atomic mass is 35.5. The summed E-state index contributed by atoms with van der Waals surface area (Å²) in [6.07, 6.45) is 3.21. The molecule has 45 heavy (non-hydrogen) atoms. The Hall–Kier alpha value is -3.38. The molecule has 2 fully saturated rings. The minimum absolute atomic E-state index is 0.282. The largest absolute Gasteiger partial charge is 0.489 e. The van der Waals surface area contributed by atoms with Crippen LogP contribution in [-0.4, -0.2) is 47.7 Å². The maximum absolute atomic E-state index is 15.2. The molecule has 0 aromatic heterocycles. The van der Waals surface area contributed by atoms with Crippen LogP contribution in [0.2, 0.25) is 5.02 Å². The number of amides is 2. The van der Waals surface area contributed by atoms with Gasteiger partial charge in [-0.3, -0.25) is 4.79 Å². The lowest BCUT2D eigenvalue weighted by Gasteiger charge is -2.63. The normalized spacial score (nSPS) is 21.0. The fourth-order valence-corrected chi connectivity index (χ4v) is 7.32. The van der Waals surface area contributed by atoms with Crippen LogP contribution in [0.15, 0.2) is 30.3 Å². The minimum Gasteiger partial charge on any atom is -0.489 e. The van der Waals surface area contributed by atoms with Crippen LogP contribution in [0, 0.1) is 39.7 Å². The molecular weight excluding hydrogens is 600 g/mol. The molecule has 1 heterocycles. The first-order chi connectivity index (χ1) is 20.9. The first-order valence-corrected chi connectivity index (χ1v) is 15.9. The Labute approximate surface area is 270 Å². The minimum atomic E-state index is -0.886. The molecule has 4 rings (SSSR count). The molecular formula is C35H44ClF2N3O4. The summed E-state index contributed by atoms with van der Waals surface area (Å²) in [5.41, 5.74) is -1.42. The Morgan fingerprint density at radius 1 is 1.07 bits per heavy atom. The molecule has 2 aromatic rings. The van der Waals surface area contributed by atoms with Gasteiger partial charge < -0.3 is 19.7 Å². The highest BCUT2D eigenvalue weighted by Gasteiger charge is 2.64. The van der Waals surface area contributed by atoms with Crippen LogP contribution in [-0.2, 0) is 11.2 Å². The van der Waals surface area contributed by atoms with Gasteiger partial charge in [-0.2, -0.15) is 5.26 Å². The van der Waals surface area contributed by atoms with Crippen LogP contribution in [0.25, 0.3) is 0 Å². The van der Waals surface area contributed by atoms with E-state index in [-0.39, 0.29) is 17.2 Å². The summed E-state index contributed by atoms with van der Waals surface area (Å²) in [4.78, 5) is 27.2. The number of nitriles is 1. The van der Waals surface area contributed by atoms with Gasteiger partial charge in [0.1, 0.15) is 40.7 Å². The van der Waals surface area contributed by atoms with Crippen molar-refractivity contribution in [2.45, 2.75) is 98.3 Å². The summed E-state index contributed by atoms with van der Waals surface area (Å²) in [6, 6.07) is 8.92. The molecule has 1 saturated heterocycles. The van der Waals surface area contributed by atoms with E-state index in [1.54, 1.807) is 23.1 Å². The Morgan fingerprint density at radius 3 is 2.20 bits per heavy atom. The third-order valence-corrected chi connectivity index (χ3v) is 9.42. The van der Waals surface area contributed by atoms with Crippen LogP contribution in [0.3, 0.4) is 0 Å². The van der Waals surface area contributed by atoms with Crippen LogP contribution >= 0.6 is 11.6 Å². The first kappa shape index (κ1) is 34.5. The summed E-state index contributed by atoms with van der Waals surface area (Å²) >= 11 is 6.17. The maximum atomic E-state index is 15.2. The van der Waals surface area contributed by atoms with E-state index in [1.807, 2.05) is 54.5 Å². The van der Waals surface area contributed by atoms with Gasteiger partial charge in [0.15, 0.2) is 0 Å². The second-order valence-corrected chi connectivity index (χ2v) is 14.9. The zero-order chi connectivity index (χ0) is 33.3. The third-order valence-electron chi connectivity index (χ3n) is 9.10. The van der Waals surface area contributed by atoms with E-state index in [9.17, 15) is 9.59 Å². The number of nitrogens with one attached hydrogen (secondary N) is 1. The second kappa shape index (κ2) is 13.2. The van der Waals surface area contributed by atoms with Crippen molar-refractivity contribution in [3.8, 4) is 11.8 Å². The number of aryl methyl sites for hydroxylation is 1. The Kier molecular flexibility index (Phi) is 10.1. The number of halogens is 3. The number of hydrogen-bond acceptors (Lipinski definition) is 5. The number of likely N-dealkylation sites (tertiary alicyclic amines) is 1. The van der Waals surface area contributed by atoms with Gasteiger partial charge in [-0.05, 0) is 88.6 Å². The van der Waals surface area contributed by atoms with E-state index in [1.165, 1.54) is 12.1 Å². The maximum Gasteiger partial charge on any atom is 0.410 e. The fourth-order valence-electron chi connectivity index (χ4n) is 7.11. The zero-order valence-electron chi connectivity index (χ0n) is 27.2. The molecule has 0 radical (unpaired) electrons. The molecule has 244 valence electrons. The first-order valence-electron chi connectivity index (χ1n) is 15.6. The lowest BCUT2D eigenvalue weighted by atomic mass is 9.49. The molecule has 0 atom stereocenters. The van der Waals surface area contributed by atoms with Gasteiger partial charge in [-0.1, -0.05) is 39.3 Å². The van der Waals surface area contributed by atoms with E-state index in [0.29, 0.717) is 42.3 Å². The zero-order valence-corrected chi connectivity index (χ0v) is 28.0. The van der Waals surface area contributed by atoms with Gasteiger partial charge in [0.05, 0.1) is 10.6 Å². The predicted molar refractivity (Wildman–Crippen MR) is 169 cm³/mol. The van der Waals surface area contributed by atoms with Gasteiger partial charge in [-0.15, -0.1) is 0 Å². The van der Waals surface area contributed by atoms with Gasteiger partial charge in [0.25, 0.3) is 5.91 Å². The fraction of sp³-hybridized carbons (Fsp3) is 0.571. The third kappa shape index (κ3) is 7.71. The summed E-state index contributed by atoms with van der Waals surface area (Å²) in [7, 11) is 0. The van der Waals surface area contributed by atoms with Gasteiger partial charge in [-0.25, -0.2) is 13.6 Å². The van der Waals surface area contributed by atoms with Crippen molar-refractivity contribution >= 4 is 23.6 Å². The van der Waals surface area contributed by atoms with Gasteiger partial charge in [0, 0.05) is 36.0 Å². The van der Waals surface area contributed by atoms with Crippen molar-refractivity contribution in [3.63, 3.8) is 0 Å². The highest BCUT2D eigenvalue weighted by Crippen LogP contribution is 2.55. The van der Waals surface area contributed by atoms with E-state index >= 15 is 8.78 Å². The van der Waals surface area contributed by atoms with Crippen LogP contribution in [0.1, 0.15) is 95.6 Å². The number of ether oxygens (including phenoxy) is 2. The molecule has 0 bridgehead atoms. The summed E-state index contributed by atoms with van der Waals surface area (Å²) in [6.45, 7) is 14.5. The predicted octanol–water partition coefficient (Wildman–Crippen LogP) is 8.07. The number of hydrogen-bond donors (Lipinski definition) is 1. The topological polar surface area (TPSA) is 91.7 Å². The van der Waals surface area contributed by atoms with Crippen molar-refractivity contribution in [3.05, 3.63) is 63.7 Å². The monoisotopic (exact) mass is 643 g/mol. The number of rotatable bonds is 8. The molecule has 2 aromatic carbocycles. The van der Waals surface area contributed by atoms with Crippen molar-refractivity contribution in [1.82, 2.24) is 10.2 Å². The van der Waals surface area contributed by atoms with Crippen molar-refractivity contribution in [2.75, 3.05) is 13.1 Å². The highest BCUT2D eigenvalue weighted by molar-refractivity contribution is 6.31. The molecule has 1 N–H and O–H groups in total. The van der Waals surface area contributed by atoms with E-state index in [0.717, 1.165) is 25.7 Å². The SMILES string of the molecule is CC(C)(C)OC(=O)N1CCC(CCCc2cc(F)c(C(=O)N[C@H]3C(C)(C)[C@H](Oc4ccc(C#N)c(Cl)c4)C3(C)C)c(F)c2)CC1. The molecule has 1 aliphatic carbocycles. The Morgan fingerprint density at radius 2 is 1.67 bits per heavy atom. The molecule has 10 heteroatoms. The number of carbonyl (C=O) groups excluding carboxylic acids is 2. The number of nitrogens with zero attached hydrogens (tertiary/aromatic N) is 2. The molecule has 2 aliphatic rings. The molecule has 1 saturated carbocycles. The standard InChI is InChI=1S/C35H44ClF2N3O4/c1-33(2,3)45-32(43)41-15-13-21(14-16-41)9-8-10-22-17-26(37)28(27(38)18-22)29(42)40-30-34(4,5)31(35(30,6)7)44-24-12-11-23(20-39)25(36)19-24/h11-12,17-19,21,30-31H,8-10,13-16H2,1-7H3,(H,40,42)/t30-,31-. The molecule has 1 aliphatic heterocycles. The molecule has 7 nitrogen and oxygen atoms in total. The average molecular weight is 644 g/mol. The summed E-state index contributed by atoms with van der Waals surface area (Å²) in [5, 5.41) is 12.3. The second-order valence-electron chi connectivity index (χ2n) is 14.5. The molecule has 2 amide bonds. The van der Waals surface area contributed by atoms with Gasteiger partial charge in [0.2, 0.25) is 0 Å². The summed E-state index contributed by atoms with van der Waals surface area (Å²) in [5.74, 6) is -1.65. The molecule has 0 unspecified atom stereocenters. The smallest absolute Gasteiger partial charge is 0.410 e. The van der Waals surface area contributed by atoms with Crippen molar-refractivity contribution in [2.24, 2.45) is 16.7 Å². The lowest BCUT2D eigenvalue weighted by molar-refractivity contribution is -0.164. The number of benzene rings is 2. The molecule has 0 spiro atoms. The quantitative estimate of drug-likeness (QED) is 0.314. The Balaban J connectivity index is 1.31. The van der Waals surface area contributed by atoms with E-state index in [2.05, 4.69) is 5.32 Å². The van der Waals surface area contributed by atoms with E-state index in [4.69, 9.17) is 26.3 Å². The summed E-state index contributed by atoms with van der Waals surface area (Å²) < 4.78 is 42.1. The Bertz CT molecular complexity index is 1430. The average Bonchev–Trinajstić information content (AvgIpc) is 2.93. The number of carbonyl (C=O) groups is 2. The number of piperidine rings is 1. The lowest BCUT2D eigenvalue weighted by Crippen LogP contribution is -2.74. The van der Waals surface area contributed by atoms with Crippen LogP contribution in [0.5, 0.6) is 5.75 Å². The van der Waals surface area contributed by atoms with Crippen molar-refractivity contribution < 1.29 is 27.8 Å². The van der Waals surface area contributed by atoms with Crippen LogP contribution in [0.4, 0.5) is 13.6 Å². The van der Waals surface area contributed by atoms with Crippen molar-refractivity contribution in [1.29, 1.82) is 5.26 Å². The van der Waals surface area contributed by atoms with Crippen LogP contribution < -0.4 is 10.1 Å².